The molecule has 3 aliphatic rings. The Bertz CT molecular complexity index is 873. The number of ether oxygens (including phenoxy) is 1. The molecule has 7 atom stereocenters. The highest BCUT2D eigenvalue weighted by Gasteiger charge is 2.78. The van der Waals surface area contributed by atoms with Crippen molar-refractivity contribution in [2.45, 2.75) is 89.1 Å². The van der Waals surface area contributed by atoms with Crippen LogP contribution in [0, 0.1) is 16.7 Å². The van der Waals surface area contributed by atoms with Gasteiger partial charge in [-0.15, -0.1) is 6.58 Å². The SMILES string of the molecule is C=C[C@@]1(C)CC(=O)[C@]2(O)[C@@]3(C)[C@@H](O)CCC(C)(C)[C@@H]3CC(c3ncccn3)[C@@]2(C)O1. The van der Waals surface area contributed by atoms with Gasteiger partial charge >= 0.3 is 0 Å². The lowest BCUT2D eigenvalue weighted by atomic mass is 9.39. The molecule has 1 aromatic heterocycles. The summed E-state index contributed by atoms with van der Waals surface area (Å²) in [5.41, 5.74) is -5.33. The molecule has 1 saturated heterocycles. The fourth-order valence-electron chi connectivity index (χ4n) is 6.98. The lowest BCUT2D eigenvalue weighted by Crippen LogP contribution is -2.81. The monoisotopic (exact) mass is 414 g/mol. The van der Waals surface area contributed by atoms with Crippen LogP contribution < -0.4 is 0 Å². The number of aromatic nitrogens is 2. The third-order valence-electron chi connectivity index (χ3n) is 8.75. The average molecular weight is 415 g/mol. The molecule has 1 aliphatic heterocycles. The van der Waals surface area contributed by atoms with Crippen molar-refractivity contribution in [3.05, 3.63) is 36.9 Å². The Morgan fingerprint density at radius 1 is 1.20 bits per heavy atom. The van der Waals surface area contributed by atoms with Gasteiger partial charge in [0, 0.05) is 24.2 Å². The van der Waals surface area contributed by atoms with Crippen molar-refractivity contribution in [2.75, 3.05) is 0 Å². The fraction of sp³-hybridized carbons (Fsp3) is 0.708. The van der Waals surface area contributed by atoms with Crippen molar-refractivity contribution in [3.63, 3.8) is 0 Å². The molecule has 0 amide bonds. The summed E-state index contributed by atoms with van der Waals surface area (Å²) < 4.78 is 6.61. The second-order valence-corrected chi connectivity index (χ2v) is 10.8. The van der Waals surface area contributed by atoms with E-state index in [1.165, 1.54) is 0 Å². The van der Waals surface area contributed by atoms with Gasteiger partial charge in [-0.25, -0.2) is 9.97 Å². The average Bonchev–Trinajstić information content (AvgIpc) is 2.69. The topological polar surface area (TPSA) is 92.5 Å². The highest BCUT2D eigenvalue weighted by atomic mass is 16.5. The molecule has 3 fully saturated rings. The number of carbonyl (C=O) groups excluding carboxylic acids is 1. The first-order valence-corrected chi connectivity index (χ1v) is 10.9. The summed E-state index contributed by atoms with van der Waals surface area (Å²) in [5.74, 6) is -0.267. The highest BCUT2D eigenvalue weighted by molar-refractivity contribution is 5.92. The van der Waals surface area contributed by atoms with Gasteiger partial charge in [0.05, 0.1) is 17.6 Å². The van der Waals surface area contributed by atoms with Gasteiger partial charge in [0.2, 0.25) is 0 Å². The van der Waals surface area contributed by atoms with Crippen molar-refractivity contribution >= 4 is 5.78 Å². The molecule has 30 heavy (non-hydrogen) atoms. The number of hydrogen-bond acceptors (Lipinski definition) is 6. The summed E-state index contributed by atoms with van der Waals surface area (Å²) in [5, 5.41) is 23.7. The minimum Gasteiger partial charge on any atom is -0.392 e. The zero-order valence-electron chi connectivity index (χ0n) is 18.7. The van der Waals surface area contributed by atoms with Gasteiger partial charge in [0.25, 0.3) is 0 Å². The minimum atomic E-state index is -1.88. The van der Waals surface area contributed by atoms with E-state index >= 15 is 0 Å². The summed E-state index contributed by atoms with van der Waals surface area (Å²) in [6.07, 6.45) is 6.17. The summed E-state index contributed by atoms with van der Waals surface area (Å²) in [4.78, 5) is 22.8. The van der Waals surface area contributed by atoms with Crippen LogP contribution >= 0.6 is 0 Å². The van der Waals surface area contributed by atoms with E-state index in [1.54, 1.807) is 31.5 Å². The van der Waals surface area contributed by atoms with E-state index in [9.17, 15) is 15.0 Å². The van der Waals surface area contributed by atoms with E-state index in [0.29, 0.717) is 18.7 Å². The molecular weight excluding hydrogens is 380 g/mol. The number of hydrogen-bond donors (Lipinski definition) is 2. The fourth-order valence-corrected chi connectivity index (χ4v) is 6.98. The normalized spacial score (nSPS) is 47.8. The molecule has 2 N–H and O–H groups in total. The molecule has 164 valence electrons. The number of ketones is 1. The maximum atomic E-state index is 13.8. The van der Waals surface area contributed by atoms with E-state index in [4.69, 9.17) is 4.74 Å². The lowest BCUT2D eigenvalue weighted by molar-refractivity contribution is -0.331. The van der Waals surface area contributed by atoms with Crippen LogP contribution in [0.15, 0.2) is 31.1 Å². The van der Waals surface area contributed by atoms with Gasteiger partial charge in [-0.1, -0.05) is 26.8 Å². The van der Waals surface area contributed by atoms with Crippen LogP contribution in [0.4, 0.5) is 0 Å². The van der Waals surface area contributed by atoms with Crippen molar-refractivity contribution in [2.24, 2.45) is 16.7 Å². The molecule has 0 aromatic carbocycles. The van der Waals surface area contributed by atoms with E-state index in [-0.39, 0.29) is 23.5 Å². The highest BCUT2D eigenvalue weighted by Crippen LogP contribution is 2.69. The van der Waals surface area contributed by atoms with Crippen LogP contribution in [-0.4, -0.2) is 48.9 Å². The number of aliphatic hydroxyl groups excluding tert-OH is 1. The van der Waals surface area contributed by atoms with E-state index in [0.717, 1.165) is 6.42 Å². The van der Waals surface area contributed by atoms with Gasteiger partial charge in [0.1, 0.15) is 11.4 Å². The third kappa shape index (κ3) is 2.50. The third-order valence-corrected chi connectivity index (χ3v) is 8.75. The molecule has 1 aromatic rings. The van der Waals surface area contributed by atoms with Crippen molar-refractivity contribution in [1.82, 2.24) is 9.97 Å². The Kier molecular flexibility index (Phi) is 4.63. The van der Waals surface area contributed by atoms with Crippen LogP contribution in [0.5, 0.6) is 0 Å². The van der Waals surface area contributed by atoms with E-state index in [2.05, 4.69) is 30.4 Å². The Morgan fingerprint density at radius 2 is 1.83 bits per heavy atom. The van der Waals surface area contributed by atoms with Gasteiger partial charge < -0.3 is 14.9 Å². The molecule has 2 saturated carbocycles. The molecule has 2 heterocycles. The zero-order chi connectivity index (χ0) is 22.2. The molecule has 6 nitrogen and oxygen atoms in total. The quantitative estimate of drug-likeness (QED) is 0.722. The maximum Gasteiger partial charge on any atom is 0.171 e. The molecular formula is C24H34N2O4. The molecule has 0 spiro atoms. The first-order valence-electron chi connectivity index (χ1n) is 10.9. The Morgan fingerprint density at radius 3 is 2.43 bits per heavy atom. The van der Waals surface area contributed by atoms with Crippen LogP contribution in [-0.2, 0) is 9.53 Å². The maximum absolute atomic E-state index is 13.8. The summed E-state index contributed by atoms with van der Waals surface area (Å²) in [6.45, 7) is 13.7. The molecule has 0 radical (unpaired) electrons. The largest absolute Gasteiger partial charge is 0.392 e. The van der Waals surface area contributed by atoms with Gasteiger partial charge in [0.15, 0.2) is 11.4 Å². The molecule has 0 bridgehead atoms. The minimum absolute atomic E-state index is 0.0143. The zero-order valence-corrected chi connectivity index (χ0v) is 18.7. The van der Waals surface area contributed by atoms with Crippen molar-refractivity contribution < 1.29 is 19.7 Å². The van der Waals surface area contributed by atoms with Crippen LogP contribution in [0.3, 0.4) is 0 Å². The van der Waals surface area contributed by atoms with Crippen LogP contribution in [0.2, 0.25) is 0 Å². The summed E-state index contributed by atoms with van der Waals surface area (Å²) in [6, 6.07) is 1.75. The Labute approximate surface area is 178 Å². The number of carbonyl (C=O) groups is 1. The van der Waals surface area contributed by atoms with Crippen molar-refractivity contribution in [1.29, 1.82) is 0 Å². The predicted octanol–water partition coefficient (Wildman–Crippen LogP) is 3.19. The predicted molar refractivity (Wildman–Crippen MR) is 113 cm³/mol. The molecule has 4 rings (SSSR count). The lowest BCUT2D eigenvalue weighted by Gasteiger charge is -2.70. The number of aliphatic hydroxyl groups is 2. The van der Waals surface area contributed by atoms with Gasteiger partial charge in [-0.2, -0.15) is 0 Å². The number of Topliss-reactive ketones (excluding diaryl/α,β-unsaturated/α-hetero) is 1. The number of rotatable bonds is 2. The first-order chi connectivity index (χ1) is 13.9. The standard InChI is InChI=1S/C24H34N2O4/c1-7-21(4)14-18(28)24(29)22(5)16(20(2,3)10-9-17(22)27)13-15(23(24,6)30-21)19-25-11-8-12-26-19/h7-8,11-12,15-17,27,29H,1,9-10,13-14H2,2-6H3/t15?,16-,17-,21-,22+,23+,24-/m0/s1. The molecule has 1 unspecified atom stereocenters. The van der Waals surface area contributed by atoms with Crippen molar-refractivity contribution in [3.8, 4) is 0 Å². The number of nitrogens with zero attached hydrogens (tertiary/aromatic N) is 2. The smallest absolute Gasteiger partial charge is 0.171 e. The van der Waals surface area contributed by atoms with Crippen LogP contribution in [0.25, 0.3) is 0 Å². The van der Waals surface area contributed by atoms with Gasteiger partial charge in [-0.05, 0) is 50.5 Å². The first kappa shape index (κ1) is 21.6. The van der Waals surface area contributed by atoms with Gasteiger partial charge in [-0.3, -0.25) is 4.79 Å². The summed E-state index contributed by atoms with van der Waals surface area (Å²) >= 11 is 0. The Hall–Kier alpha value is -1.63. The second-order valence-electron chi connectivity index (χ2n) is 10.8. The summed E-state index contributed by atoms with van der Waals surface area (Å²) in [7, 11) is 0. The molecule has 6 heteroatoms. The molecule has 2 aliphatic carbocycles. The second kappa shape index (κ2) is 6.44. The van der Waals surface area contributed by atoms with Crippen LogP contribution in [0.1, 0.15) is 72.0 Å². The van der Waals surface area contributed by atoms with E-state index in [1.807, 2.05) is 13.8 Å². The van der Waals surface area contributed by atoms with E-state index < -0.39 is 34.2 Å². The Balaban J connectivity index is 2.00. The number of fused-ring (bicyclic) bond motifs is 3.